The molecule has 35 heavy (non-hydrogen) atoms. The number of anilines is 1. The molecular weight excluding hydrogens is 469 g/mol. The number of alkyl halides is 3. The first-order valence-corrected chi connectivity index (χ1v) is 10.8. The Morgan fingerprint density at radius 2 is 1.83 bits per heavy atom. The van der Waals surface area contributed by atoms with Crippen LogP contribution in [0.3, 0.4) is 0 Å². The van der Waals surface area contributed by atoms with Gasteiger partial charge in [-0.3, -0.25) is 0 Å². The van der Waals surface area contributed by atoms with E-state index in [0.717, 1.165) is 19.3 Å². The van der Waals surface area contributed by atoms with Crippen molar-refractivity contribution in [3.8, 4) is 17.0 Å². The monoisotopic (exact) mass is 489 g/mol. The Kier molecular flexibility index (Phi) is 5.37. The molecule has 0 radical (unpaired) electrons. The Morgan fingerprint density at radius 1 is 1.11 bits per heavy atom. The fourth-order valence-corrected chi connectivity index (χ4v) is 4.57. The van der Waals surface area contributed by atoms with Crippen LogP contribution in [0.2, 0.25) is 0 Å². The average Bonchev–Trinajstić information content (AvgIpc) is 3.16. The molecule has 0 spiro atoms. The molecule has 0 fully saturated rings. The van der Waals surface area contributed by atoms with Gasteiger partial charge >= 0.3 is 6.18 Å². The second-order valence-electron chi connectivity index (χ2n) is 8.60. The summed E-state index contributed by atoms with van der Waals surface area (Å²) >= 11 is 0. The van der Waals surface area contributed by atoms with Gasteiger partial charge in [-0.05, 0) is 36.5 Å². The molecule has 0 amide bonds. The minimum atomic E-state index is -5.14. The van der Waals surface area contributed by atoms with Crippen molar-refractivity contribution >= 4 is 17.0 Å². The lowest BCUT2D eigenvalue weighted by Crippen LogP contribution is -2.37. The van der Waals surface area contributed by atoms with Crippen molar-refractivity contribution in [1.29, 1.82) is 0 Å². The summed E-state index contributed by atoms with van der Waals surface area (Å²) < 4.78 is 69.6. The highest BCUT2D eigenvalue weighted by molar-refractivity contribution is 5.91. The van der Waals surface area contributed by atoms with Crippen LogP contribution in [0, 0.1) is 11.6 Å². The van der Waals surface area contributed by atoms with Crippen molar-refractivity contribution < 1.29 is 27.1 Å². The fourth-order valence-electron chi connectivity index (χ4n) is 4.57. The van der Waals surface area contributed by atoms with Crippen molar-refractivity contribution in [3.05, 3.63) is 64.9 Å². The third-order valence-corrected chi connectivity index (χ3v) is 6.49. The van der Waals surface area contributed by atoms with E-state index >= 15 is 0 Å². The van der Waals surface area contributed by atoms with Gasteiger partial charge in [0.25, 0.3) is 0 Å². The molecule has 5 rings (SSSR count). The summed E-state index contributed by atoms with van der Waals surface area (Å²) in [5, 5.41) is 14.0. The number of hydrogen-bond donors (Lipinski definition) is 1. The first-order chi connectivity index (χ1) is 16.6. The van der Waals surface area contributed by atoms with Gasteiger partial charge in [0, 0.05) is 31.9 Å². The highest BCUT2D eigenvalue weighted by Crippen LogP contribution is 2.41. The Balaban J connectivity index is 1.55. The van der Waals surface area contributed by atoms with E-state index in [4.69, 9.17) is 0 Å². The number of benzene rings is 2. The SMILES string of the molecule is CN(c1ncc2c(-c3cc(C(F)(F)F)c(F)c(O)c3F)nn(C)c2n1)C1CCc2ccccc2C1. The van der Waals surface area contributed by atoms with Gasteiger partial charge in [0.2, 0.25) is 5.95 Å². The summed E-state index contributed by atoms with van der Waals surface area (Å²) in [7, 11) is 3.37. The zero-order chi connectivity index (χ0) is 25.1. The van der Waals surface area contributed by atoms with Crippen LogP contribution >= 0.6 is 0 Å². The first-order valence-electron chi connectivity index (χ1n) is 10.8. The van der Waals surface area contributed by atoms with E-state index in [-0.39, 0.29) is 22.8 Å². The predicted octanol–water partition coefficient (Wildman–Crippen LogP) is 5.03. The van der Waals surface area contributed by atoms with Gasteiger partial charge in [-0.2, -0.15) is 23.3 Å². The summed E-state index contributed by atoms with van der Waals surface area (Å²) in [6.45, 7) is 0. The number of aryl methyl sites for hydroxylation is 2. The third-order valence-electron chi connectivity index (χ3n) is 6.49. The molecule has 0 saturated heterocycles. The lowest BCUT2D eigenvalue weighted by atomic mass is 9.88. The highest BCUT2D eigenvalue weighted by Gasteiger charge is 2.38. The number of halogens is 5. The van der Waals surface area contributed by atoms with Crippen molar-refractivity contribution in [2.75, 3.05) is 11.9 Å². The number of nitrogens with zero attached hydrogens (tertiary/aromatic N) is 5. The van der Waals surface area contributed by atoms with Gasteiger partial charge in [-0.1, -0.05) is 24.3 Å². The molecule has 1 atom stereocenters. The Labute approximate surface area is 196 Å². The first kappa shape index (κ1) is 23.0. The van der Waals surface area contributed by atoms with E-state index in [0.29, 0.717) is 12.0 Å². The smallest absolute Gasteiger partial charge is 0.419 e. The molecule has 2 aromatic carbocycles. The van der Waals surface area contributed by atoms with Gasteiger partial charge in [0.05, 0.1) is 10.9 Å². The topological polar surface area (TPSA) is 67.1 Å². The summed E-state index contributed by atoms with van der Waals surface area (Å²) in [4.78, 5) is 10.8. The molecule has 182 valence electrons. The number of fused-ring (bicyclic) bond motifs is 2. The van der Waals surface area contributed by atoms with Gasteiger partial charge in [-0.25, -0.2) is 18.4 Å². The van der Waals surface area contributed by atoms with Crippen molar-refractivity contribution in [3.63, 3.8) is 0 Å². The van der Waals surface area contributed by atoms with Gasteiger partial charge in [-0.15, -0.1) is 0 Å². The average molecular weight is 489 g/mol. The van der Waals surface area contributed by atoms with Crippen molar-refractivity contribution in [2.24, 2.45) is 7.05 Å². The summed E-state index contributed by atoms with van der Waals surface area (Å²) in [5.41, 5.74) is 0.0982. The molecule has 1 aliphatic rings. The van der Waals surface area contributed by atoms with Crippen LogP contribution < -0.4 is 4.90 Å². The number of rotatable bonds is 3. The normalized spacial score (nSPS) is 15.9. The fraction of sp³-hybridized carbons (Fsp3) is 0.292. The van der Waals surface area contributed by atoms with Gasteiger partial charge in [0.15, 0.2) is 23.0 Å². The van der Waals surface area contributed by atoms with Crippen LogP contribution in [0.1, 0.15) is 23.1 Å². The number of aromatic nitrogens is 4. The lowest BCUT2D eigenvalue weighted by molar-refractivity contribution is -0.140. The summed E-state index contributed by atoms with van der Waals surface area (Å²) in [6.07, 6.45) is -1.17. The molecular formula is C24H20F5N5O. The van der Waals surface area contributed by atoms with E-state index in [1.165, 1.54) is 29.1 Å². The maximum absolute atomic E-state index is 14.7. The number of aromatic hydroxyl groups is 1. The van der Waals surface area contributed by atoms with Crippen LogP contribution in [0.15, 0.2) is 36.5 Å². The minimum absolute atomic E-state index is 0.135. The van der Waals surface area contributed by atoms with Crippen molar-refractivity contribution in [2.45, 2.75) is 31.5 Å². The molecule has 1 unspecified atom stereocenters. The van der Waals surface area contributed by atoms with Crippen LogP contribution in [-0.2, 0) is 26.1 Å². The molecule has 0 bridgehead atoms. The molecule has 1 N–H and O–H groups in total. The zero-order valence-corrected chi connectivity index (χ0v) is 18.7. The van der Waals surface area contributed by atoms with Crippen LogP contribution in [0.25, 0.3) is 22.3 Å². The maximum Gasteiger partial charge on any atom is 0.419 e. The minimum Gasteiger partial charge on any atom is -0.503 e. The Hall–Kier alpha value is -3.76. The molecule has 4 aromatic rings. The second kappa shape index (κ2) is 8.17. The van der Waals surface area contributed by atoms with E-state index in [1.54, 1.807) is 0 Å². The third kappa shape index (κ3) is 3.84. The number of phenols is 1. The molecule has 1 aliphatic carbocycles. The van der Waals surface area contributed by atoms with E-state index < -0.39 is 34.7 Å². The number of phenolic OH excluding ortho intramolecular Hbond substituents is 1. The molecule has 0 saturated carbocycles. The van der Waals surface area contributed by atoms with E-state index in [2.05, 4.69) is 27.2 Å². The zero-order valence-electron chi connectivity index (χ0n) is 18.7. The predicted molar refractivity (Wildman–Crippen MR) is 119 cm³/mol. The van der Waals surface area contributed by atoms with E-state index in [1.807, 2.05) is 24.1 Å². The van der Waals surface area contributed by atoms with Crippen LogP contribution in [-0.4, -0.2) is 37.9 Å². The number of hydrogen-bond acceptors (Lipinski definition) is 5. The summed E-state index contributed by atoms with van der Waals surface area (Å²) in [5.74, 6) is -4.95. The van der Waals surface area contributed by atoms with E-state index in [9.17, 15) is 27.1 Å². The summed E-state index contributed by atoms with van der Waals surface area (Å²) in [6, 6.07) is 8.65. The largest absolute Gasteiger partial charge is 0.503 e. The standard InChI is InChI=1S/C24H20F5N5O/c1-33(14-8-7-12-5-3-4-6-13(12)9-14)23-30-11-16-20(32-34(2)22(16)31-23)15-10-17(24(27,28)29)19(26)21(35)18(15)25/h3-6,10-11,14,35H,7-9H2,1-2H3. The highest BCUT2D eigenvalue weighted by atomic mass is 19.4. The second-order valence-corrected chi connectivity index (χ2v) is 8.60. The quantitative estimate of drug-likeness (QED) is 0.409. The molecule has 6 nitrogen and oxygen atoms in total. The van der Waals surface area contributed by atoms with Crippen LogP contribution in [0.4, 0.5) is 27.9 Å². The van der Waals surface area contributed by atoms with Crippen molar-refractivity contribution in [1.82, 2.24) is 19.7 Å². The van der Waals surface area contributed by atoms with Crippen LogP contribution in [0.5, 0.6) is 5.75 Å². The maximum atomic E-state index is 14.7. The lowest BCUT2D eigenvalue weighted by Gasteiger charge is -2.32. The molecule has 2 heterocycles. The Bertz CT molecular complexity index is 1450. The molecule has 0 aliphatic heterocycles. The Morgan fingerprint density at radius 3 is 2.54 bits per heavy atom. The molecule has 2 aromatic heterocycles. The number of likely N-dealkylation sites (N-methyl/N-ethyl adjacent to an activating group) is 1. The van der Waals surface area contributed by atoms with Gasteiger partial charge in [0.1, 0.15) is 5.69 Å². The van der Waals surface area contributed by atoms with Gasteiger partial charge < -0.3 is 10.0 Å². The molecule has 11 heteroatoms.